The minimum Gasteiger partial charge on any atom is -0.495 e. The lowest BCUT2D eigenvalue weighted by Crippen LogP contribution is -2.24. The lowest BCUT2D eigenvalue weighted by Gasteiger charge is -2.23. The molecule has 0 amide bonds. The Balaban J connectivity index is 1.94. The number of ether oxygens (including phenoxy) is 1. The maximum absolute atomic E-state index is 14.6. The lowest BCUT2D eigenvalue weighted by atomic mass is 9.93. The Labute approximate surface area is 135 Å². The van der Waals surface area contributed by atoms with Crippen LogP contribution in [-0.4, -0.2) is 33.8 Å². The van der Waals surface area contributed by atoms with Crippen LogP contribution >= 0.6 is 11.8 Å². The zero-order chi connectivity index (χ0) is 15.9. The molecule has 0 aliphatic heterocycles. The summed E-state index contributed by atoms with van der Waals surface area (Å²) in [6.07, 6.45) is 10.1. The molecule has 2 unspecified atom stereocenters. The van der Waals surface area contributed by atoms with E-state index in [1.165, 1.54) is 11.8 Å². The summed E-state index contributed by atoms with van der Waals surface area (Å²) < 4.78 is 22.2. The van der Waals surface area contributed by atoms with Gasteiger partial charge in [0.1, 0.15) is 11.6 Å². The summed E-state index contributed by atoms with van der Waals surface area (Å²) >= 11 is 1.54. The van der Waals surface area contributed by atoms with Crippen molar-refractivity contribution in [3.63, 3.8) is 0 Å². The van der Waals surface area contributed by atoms with E-state index in [4.69, 9.17) is 4.74 Å². The first kappa shape index (κ1) is 17.1. The first-order valence-corrected chi connectivity index (χ1v) is 8.97. The molecule has 0 N–H and O–H groups in total. The second kappa shape index (κ2) is 8.36. The maximum atomic E-state index is 14.6. The Kier molecular flexibility index (Phi) is 6.49. The van der Waals surface area contributed by atoms with E-state index in [1.54, 1.807) is 6.08 Å². The highest BCUT2D eigenvalue weighted by atomic mass is 32.2. The molecule has 0 saturated carbocycles. The Morgan fingerprint density at radius 1 is 1.36 bits per heavy atom. The molecule has 6 heteroatoms. The number of hydrogen-bond acceptors (Lipinski definition) is 4. The number of rotatable bonds is 8. The van der Waals surface area contributed by atoms with E-state index in [-0.39, 0.29) is 5.92 Å². The first-order chi connectivity index (χ1) is 10.7. The molecule has 2 rings (SSSR count). The molecule has 2 atom stereocenters. The van der Waals surface area contributed by atoms with E-state index in [0.29, 0.717) is 18.8 Å². The number of aromatic nitrogens is 3. The van der Waals surface area contributed by atoms with Crippen molar-refractivity contribution < 1.29 is 9.13 Å². The molecule has 0 aromatic carbocycles. The molecular weight excluding hydrogens is 301 g/mol. The highest BCUT2D eigenvalue weighted by Crippen LogP contribution is 2.27. The average molecular weight is 325 g/mol. The van der Waals surface area contributed by atoms with Gasteiger partial charge in [0.05, 0.1) is 6.61 Å². The summed E-state index contributed by atoms with van der Waals surface area (Å²) in [6, 6.07) is 0. The Morgan fingerprint density at radius 3 is 2.86 bits per heavy atom. The van der Waals surface area contributed by atoms with Crippen molar-refractivity contribution in [1.29, 1.82) is 0 Å². The molecule has 0 radical (unpaired) electrons. The predicted octanol–water partition coefficient (Wildman–Crippen LogP) is 3.69. The van der Waals surface area contributed by atoms with Crippen molar-refractivity contribution in [3.05, 3.63) is 29.8 Å². The molecule has 1 aliphatic rings. The average Bonchev–Trinajstić information content (AvgIpc) is 2.87. The van der Waals surface area contributed by atoms with Gasteiger partial charge >= 0.3 is 0 Å². The van der Waals surface area contributed by atoms with Crippen LogP contribution in [0, 0.1) is 5.92 Å². The van der Waals surface area contributed by atoms with E-state index < -0.39 is 6.17 Å². The number of thioether (sulfide) groups is 1. The predicted molar refractivity (Wildman–Crippen MR) is 87.6 cm³/mol. The van der Waals surface area contributed by atoms with Gasteiger partial charge in [0.15, 0.2) is 11.3 Å². The van der Waals surface area contributed by atoms with Crippen molar-refractivity contribution in [2.75, 3.05) is 12.9 Å². The third-order valence-corrected chi connectivity index (χ3v) is 4.53. The zero-order valence-electron chi connectivity index (χ0n) is 13.5. The summed E-state index contributed by atoms with van der Waals surface area (Å²) in [5.74, 6) is 0.994. The molecule has 0 fully saturated rings. The van der Waals surface area contributed by atoms with Gasteiger partial charge in [0.2, 0.25) is 0 Å². The second-order valence-electron chi connectivity index (χ2n) is 5.44. The van der Waals surface area contributed by atoms with Crippen LogP contribution in [0.5, 0.6) is 0 Å². The highest BCUT2D eigenvalue weighted by molar-refractivity contribution is 7.98. The molecule has 1 aromatic rings. The quantitative estimate of drug-likeness (QED) is 0.540. The molecule has 1 heterocycles. The van der Waals surface area contributed by atoms with Gasteiger partial charge in [0.25, 0.3) is 0 Å². The minimum absolute atomic E-state index is 0.246. The van der Waals surface area contributed by atoms with Gasteiger partial charge in [0, 0.05) is 19.4 Å². The Morgan fingerprint density at radius 2 is 2.18 bits per heavy atom. The summed E-state index contributed by atoms with van der Waals surface area (Å²) in [7, 11) is 1.92. The van der Waals surface area contributed by atoms with Gasteiger partial charge in [-0.2, -0.15) is 0 Å². The summed E-state index contributed by atoms with van der Waals surface area (Å²) in [5.41, 5.74) is 0. The fourth-order valence-corrected chi connectivity index (χ4v) is 2.95. The van der Waals surface area contributed by atoms with Crippen LogP contribution in [-0.2, 0) is 18.2 Å². The Hall–Kier alpha value is -1.30. The second-order valence-corrected chi connectivity index (χ2v) is 6.21. The molecule has 122 valence electrons. The number of alkyl halides is 1. The summed E-state index contributed by atoms with van der Waals surface area (Å²) in [4.78, 5) is 0. The van der Waals surface area contributed by atoms with Crippen LogP contribution in [0.4, 0.5) is 4.39 Å². The van der Waals surface area contributed by atoms with Crippen LogP contribution in [0.3, 0.4) is 0 Å². The topological polar surface area (TPSA) is 39.9 Å². The minimum atomic E-state index is -1.11. The van der Waals surface area contributed by atoms with Gasteiger partial charge in [-0.05, 0) is 18.8 Å². The van der Waals surface area contributed by atoms with E-state index in [0.717, 1.165) is 30.2 Å². The number of nitrogens with zero attached hydrogens (tertiary/aromatic N) is 3. The van der Waals surface area contributed by atoms with Crippen LogP contribution in [0.2, 0.25) is 0 Å². The van der Waals surface area contributed by atoms with Crippen LogP contribution in [0.25, 0.3) is 0 Å². The number of unbranched alkanes of at least 4 members (excludes halogenated alkanes) is 2. The van der Waals surface area contributed by atoms with E-state index in [9.17, 15) is 4.39 Å². The van der Waals surface area contributed by atoms with Crippen molar-refractivity contribution in [2.45, 2.75) is 43.9 Å². The molecule has 1 aromatic heterocycles. The fraction of sp³-hybridized carbons (Fsp3) is 0.625. The zero-order valence-corrected chi connectivity index (χ0v) is 14.3. The first-order valence-electron chi connectivity index (χ1n) is 7.74. The molecule has 0 spiro atoms. The third-order valence-electron chi connectivity index (χ3n) is 3.81. The van der Waals surface area contributed by atoms with Crippen LogP contribution < -0.4 is 0 Å². The number of halogens is 1. The van der Waals surface area contributed by atoms with Crippen molar-refractivity contribution in [3.8, 4) is 0 Å². The lowest BCUT2D eigenvalue weighted by molar-refractivity contribution is 0.129. The number of hydrogen-bond donors (Lipinski definition) is 0. The van der Waals surface area contributed by atoms with Crippen LogP contribution in [0.15, 0.2) is 29.1 Å². The van der Waals surface area contributed by atoms with Crippen LogP contribution in [0.1, 0.15) is 32.0 Å². The van der Waals surface area contributed by atoms with Gasteiger partial charge in [-0.3, -0.25) is 0 Å². The Bertz CT molecular complexity index is 541. The van der Waals surface area contributed by atoms with E-state index in [1.807, 2.05) is 30.0 Å². The van der Waals surface area contributed by atoms with Crippen molar-refractivity contribution in [2.24, 2.45) is 13.0 Å². The molecule has 0 saturated heterocycles. The third kappa shape index (κ3) is 4.12. The van der Waals surface area contributed by atoms with Gasteiger partial charge < -0.3 is 9.30 Å². The monoisotopic (exact) mass is 325 g/mol. The molecule has 1 aliphatic carbocycles. The van der Waals surface area contributed by atoms with E-state index in [2.05, 4.69) is 17.1 Å². The fourth-order valence-electron chi connectivity index (χ4n) is 2.45. The molecule has 22 heavy (non-hydrogen) atoms. The van der Waals surface area contributed by atoms with Gasteiger partial charge in [-0.25, -0.2) is 4.39 Å². The van der Waals surface area contributed by atoms with Crippen molar-refractivity contribution in [1.82, 2.24) is 14.8 Å². The molecule has 0 bridgehead atoms. The SMILES string of the molecule is CCCCCOC1=CC=CC(Cc2nnc(SC)n2C)C1F. The normalized spacial score (nSPS) is 21.0. The number of allylic oxidation sites excluding steroid dienone is 4. The summed E-state index contributed by atoms with van der Waals surface area (Å²) in [6.45, 7) is 2.72. The van der Waals surface area contributed by atoms with Gasteiger partial charge in [-0.1, -0.05) is 43.7 Å². The standard InChI is InChI=1S/C16H24FN3OS/c1-4-5-6-10-21-13-9-7-8-12(15(13)17)11-14-18-19-16(22-3)20(14)2/h7-9,12,15H,4-6,10-11H2,1-3H3. The smallest absolute Gasteiger partial charge is 0.190 e. The van der Waals surface area contributed by atoms with Crippen molar-refractivity contribution >= 4 is 11.8 Å². The summed E-state index contributed by atoms with van der Waals surface area (Å²) in [5, 5.41) is 9.10. The van der Waals surface area contributed by atoms with E-state index >= 15 is 0 Å². The largest absolute Gasteiger partial charge is 0.495 e. The highest BCUT2D eigenvalue weighted by Gasteiger charge is 2.28. The molecular formula is C16H24FN3OS. The maximum Gasteiger partial charge on any atom is 0.190 e. The van der Waals surface area contributed by atoms with Gasteiger partial charge in [-0.15, -0.1) is 10.2 Å². The molecule has 4 nitrogen and oxygen atoms in total.